The predicted molar refractivity (Wildman–Crippen MR) is 147 cm³/mol. The highest BCUT2D eigenvalue weighted by atomic mass is 35.5. The number of aromatic nitrogens is 2. The Balaban J connectivity index is 1.22. The van der Waals surface area contributed by atoms with Gasteiger partial charge in [-0.15, -0.1) is 0 Å². The molecule has 2 atom stereocenters. The van der Waals surface area contributed by atoms with E-state index in [-0.39, 0.29) is 42.3 Å². The smallest absolute Gasteiger partial charge is 0.254 e. The summed E-state index contributed by atoms with van der Waals surface area (Å²) in [6, 6.07) is 5.74. The first kappa shape index (κ1) is 27.3. The van der Waals surface area contributed by atoms with Gasteiger partial charge in [-0.2, -0.15) is 0 Å². The Bertz CT molecular complexity index is 1250. The Morgan fingerprint density at radius 2 is 2.03 bits per heavy atom. The van der Waals surface area contributed by atoms with E-state index < -0.39 is 0 Å². The SMILES string of the molecule is CC(=O)N1CCC[C@@H]([C@@H](C)NC(=O)CN2Cc3ccc(-c4nc(NC5CCOCC5)ncc4Cl)cc3C2=O)C1. The summed E-state index contributed by atoms with van der Waals surface area (Å²) in [5, 5.41) is 6.80. The third-order valence-corrected chi connectivity index (χ3v) is 8.17. The van der Waals surface area contributed by atoms with E-state index in [0.717, 1.165) is 43.4 Å². The van der Waals surface area contributed by atoms with Crippen LogP contribution in [0.1, 0.15) is 55.5 Å². The zero-order chi connectivity index (χ0) is 27.5. The van der Waals surface area contributed by atoms with Crippen molar-refractivity contribution in [2.45, 2.75) is 58.2 Å². The van der Waals surface area contributed by atoms with Crippen LogP contribution in [0.15, 0.2) is 24.4 Å². The van der Waals surface area contributed by atoms with E-state index in [1.807, 2.05) is 24.0 Å². The summed E-state index contributed by atoms with van der Waals surface area (Å²) in [7, 11) is 0. The van der Waals surface area contributed by atoms with Gasteiger partial charge in [0.25, 0.3) is 5.91 Å². The molecule has 3 aliphatic rings. The van der Waals surface area contributed by atoms with Gasteiger partial charge in [0.15, 0.2) is 0 Å². The first-order valence-electron chi connectivity index (χ1n) is 13.6. The van der Waals surface area contributed by atoms with Gasteiger partial charge >= 0.3 is 0 Å². The molecule has 208 valence electrons. The quantitative estimate of drug-likeness (QED) is 0.540. The molecule has 0 unspecified atom stereocenters. The average molecular weight is 555 g/mol. The maximum Gasteiger partial charge on any atom is 0.254 e. The second-order valence-electron chi connectivity index (χ2n) is 10.7. The molecule has 1 aromatic carbocycles. The Hall–Kier alpha value is -3.24. The summed E-state index contributed by atoms with van der Waals surface area (Å²) in [4.78, 5) is 50.2. The molecule has 3 amide bonds. The molecular weight excluding hydrogens is 520 g/mol. The van der Waals surface area contributed by atoms with Crippen LogP contribution in [-0.4, -0.2) is 82.4 Å². The highest BCUT2D eigenvalue weighted by Crippen LogP contribution is 2.32. The minimum atomic E-state index is -0.202. The average Bonchev–Trinajstić information content (AvgIpc) is 3.24. The zero-order valence-electron chi connectivity index (χ0n) is 22.4. The number of hydrogen-bond acceptors (Lipinski definition) is 7. The third kappa shape index (κ3) is 6.33. The normalized spacial score (nSPS) is 20.5. The van der Waals surface area contributed by atoms with Gasteiger partial charge in [-0.25, -0.2) is 9.97 Å². The summed E-state index contributed by atoms with van der Waals surface area (Å²) in [6.07, 6.45) is 5.22. The van der Waals surface area contributed by atoms with Crippen molar-refractivity contribution in [2.75, 3.05) is 38.2 Å². The number of nitrogens with one attached hydrogen (secondary N) is 2. The van der Waals surface area contributed by atoms with E-state index in [2.05, 4.69) is 20.6 Å². The number of nitrogens with zero attached hydrogens (tertiary/aromatic N) is 4. The van der Waals surface area contributed by atoms with Crippen LogP contribution in [0, 0.1) is 5.92 Å². The number of carbonyl (C=O) groups excluding carboxylic acids is 3. The van der Waals surface area contributed by atoms with E-state index in [1.165, 1.54) is 0 Å². The molecule has 10 nitrogen and oxygen atoms in total. The Morgan fingerprint density at radius 1 is 1.23 bits per heavy atom. The molecule has 0 radical (unpaired) electrons. The molecule has 1 aromatic heterocycles. The van der Waals surface area contributed by atoms with E-state index in [1.54, 1.807) is 24.1 Å². The van der Waals surface area contributed by atoms with Crippen molar-refractivity contribution in [1.82, 2.24) is 25.1 Å². The lowest BCUT2D eigenvalue weighted by molar-refractivity contribution is -0.130. The fourth-order valence-corrected chi connectivity index (χ4v) is 5.79. The van der Waals surface area contributed by atoms with Crippen LogP contribution in [0.3, 0.4) is 0 Å². The molecule has 5 rings (SSSR count). The molecule has 2 fully saturated rings. The van der Waals surface area contributed by atoms with Crippen molar-refractivity contribution in [3.8, 4) is 11.3 Å². The zero-order valence-corrected chi connectivity index (χ0v) is 23.2. The molecule has 2 aromatic rings. The number of ether oxygens (including phenoxy) is 1. The van der Waals surface area contributed by atoms with Crippen molar-refractivity contribution in [3.63, 3.8) is 0 Å². The van der Waals surface area contributed by atoms with Gasteiger partial charge in [-0.1, -0.05) is 23.7 Å². The lowest BCUT2D eigenvalue weighted by atomic mass is 9.91. The van der Waals surface area contributed by atoms with Crippen molar-refractivity contribution in [3.05, 3.63) is 40.5 Å². The van der Waals surface area contributed by atoms with E-state index >= 15 is 0 Å². The number of benzene rings is 1. The Kier molecular flexibility index (Phi) is 8.32. The summed E-state index contributed by atoms with van der Waals surface area (Å²) < 4.78 is 5.42. The topological polar surface area (TPSA) is 117 Å². The van der Waals surface area contributed by atoms with Crippen LogP contribution < -0.4 is 10.6 Å². The van der Waals surface area contributed by atoms with Crippen molar-refractivity contribution in [2.24, 2.45) is 5.92 Å². The summed E-state index contributed by atoms with van der Waals surface area (Å²) in [6.45, 7) is 6.71. The lowest BCUT2D eigenvalue weighted by Crippen LogP contribution is -2.49. The second-order valence-corrected chi connectivity index (χ2v) is 11.1. The van der Waals surface area contributed by atoms with Crippen molar-refractivity contribution >= 4 is 35.3 Å². The minimum Gasteiger partial charge on any atom is -0.381 e. The number of rotatable bonds is 7. The molecule has 39 heavy (non-hydrogen) atoms. The number of halogens is 1. The van der Waals surface area contributed by atoms with Gasteiger partial charge in [0, 0.05) is 63.0 Å². The molecule has 3 aliphatic heterocycles. The van der Waals surface area contributed by atoms with Gasteiger partial charge in [0.2, 0.25) is 17.8 Å². The summed E-state index contributed by atoms with van der Waals surface area (Å²) in [5.41, 5.74) is 2.68. The van der Waals surface area contributed by atoms with Crippen LogP contribution in [0.4, 0.5) is 5.95 Å². The molecule has 0 spiro atoms. The summed E-state index contributed by atoms with van der Waals surface area (Å²) in [5.74, 6) is 0.356. The van der Waals surface area contributed by atoms with E-state index in [0.29, 0.717) is 48.5 Å². The first-order chi connectivity index (χ1) is 18.8. The molecule has 11 heteroatoms. The standard InChI is InChI=1S/C28H35ClN6O4/c1-17(20-4-3-9-34(14-20)18(2)36)31-25(37)16-35-15-21-6-5-19(12-23(21)27(35)38)26-24(29)13-30-28(33-26)32-22-7-10-39-11-8-22/h5-6,12-13,17,20,22H,3-4,7-11,14-16H2,1-2H3,(H,31,37)(H,30,32,33)/t17-,20-/m1/s1. The van der Waals surface area contributed by atoms with Crippen LogP contribution in [0.5, 0.6) is 0 Å². The van der Waals surface area contributed by atoms with Crippen LogP contribution in [0.2, 0.25) is 5.02 Å². The third-order valence-electron chi connectivity index (χ3n) is 7.89. The number of hydrogen-bond donors (Lipinski definition) is 2. The van der Waals surface area contributed by atoms with Crippen LogP contribution in [0.25, 0.3) is 11.3 Å². The highest BCUT2D eigenvalue weighted by Gasteiger charge is 2.31. The molecule has 4 heterocycles. The van der Waals surface area contributed by atoms with E-state index in [9.17, 15) is 14.4 Å². The second kappa shape index (κ2) is 11.9. The predicted octanol–water partition coefficient (Wildman–Crippen LogP) is 3.11. The molecule has 0 aliphatic carbocycles. The lowest BCUT2D eigenvalue weighted by Gasteiger charge is -2.35. The summed E-state index contributed by atoms with van der Waals surface area (Å²) >= 11 is 6.45. The van der Waals surface area contributed by atoms with Crippen LogP contribution in [-0.2, 0) is 20.9 Å². The van der Waals surface area contributed by atoms with Crippen molar-refractivity contribution in [1.29, 1.82) is 0 Å². The van der Waals surface area contributed by atoms with Gasteiger partial charge in [0.1, 0.15) is 6.54 Å². The number of anilines is 1. The number of fused-ring (bicyclic) bond motifs is 1. The maximum atomic E-state index is 13.2. The number of piperidine rings is 1. The number of carbonyl (C=O) groups is 3. The molecular formula is C28H35ClN6O4. The molecule has 2 saturated heterocycles. The van der Waals surface area contributed by atoms with Gasteiger partial charge in [-0.05, 0) is 50.2 Å². The molecule has 2 N–H and O–H groups in total. The minimum absolute atomic E-state index is 0.0240. The maximum absolute atomic E-state index is 13.2. The fourth-order valence-electron chi connectivity index (χ4n) is 5.59. The first-order valence-corrected chi connectivity index (χ1v) is 14.0. The van der Waals surface area contributed by atoms with Gasteiger partial charge in [0.05, 0.1) is 16.9 Å². The van der Waals surface area contributed by atoms with Gasteiger partial charge in [-0.3, -0.25) is 14.4 Å². The fraction of sp³-hybridized carbons (Fsp3) is 0.536. The van der Waals surface area contributed by atoms with Crippen LogP contribution >= 0.6 is 11.6 Å². The van der Waals surface area contributed by atoms with Crippen molar-refractivity contribution < 1.29 is 19.1 Å². The molecule has 0 bridgehead atoms. The number of amides is 3. The van der Waals surface area contributed by atoms with Gasteiger partial charge < -0.3 is 25.2 Å². The monoisotopic (exact) mass is 554 g/mol. The van der Waals surface area contributed by atoms with E-state index in [4.69, 9.17) is 16.3 Å². The molecule has 0 saturated carbocycles. The Labute approximate surface area is 233 Å². The largest absolute Gasteiger partial charge is 0.381 e. The highest BCUT2D eigenvalue weighted by molar-refractivity contribution is 6.33. The Morgan fingerprint density at radius 3 is 2.79 bits per heavy atom. The number of likely N-dealkylation sites (tertiary alicyclic amines) is 1.